The molecule has 0 unspecified atom stereocenters. The highest BCUT2D eigenvalue weighted by Gasteiger charge is 2.29. The van der Waals surface area contributed by atoms with Crippen LogP contribution >= 0.6 is 11.8 Å². The van der Waals surface area contributed by atoms with E-state index in [1.165, 1.54) is 11.8 Å². The van der Waals surface area contributed by atoms with E-state index in [-0.39, 0.29) is 24.8 Å². The molecule has 0 radical (unpaired) electrons. The van der Waals surface area contributed by atoms with Crippen LogP contribution in [0.3, 0.4) is 0 Å². The molecule has 2 amide bonds. The zero-order valence-electron chi connectivity index (χ0n) is 14.9. The van der Waals surface area contributed by atoms with Crippen LogP contribution in [0.15, 0.2) is 53.4 Å². The van der Waals surface area contributed by atoms with E-state index < -0.39 is 11.2 Å². The van der Waals surface area contributed by atoms with Crippen LogP contribution in [0, 0.1) is 6.92 Å². The lowest BCUT2D eigenvalue weighted by Crippen LogP contribution is -2.33. The molecule has 7 heteroatoms. The first-order valence-electron chi connectivity index (χ1n) is 8.56. The van der Waals surface area contributed by atoms with E-state index in [1.54, 1.807) is 0 Å². The van der Waals surface area contributed by atoms with Gasteiger partial charge in [0, 0.05) is 11.4 Å². The number of hydrogen-bond acceptors (Lipinski definition) is 5. The van der Waals surface area contributed by atoms with Gasteiger partial charge < -0.3 is 15.4 Å². The predicted molar refractivity (Wildman–Crippen MR) is 103 cm³/mol. The second kappa shape index (κ2) is 8.73. The van der Waals surface area contributed by atoms with Crippen molar-refractivity contribution in [3.05, 3.63) is 59.7 Å². The van der Waals surface area contributed by atoms with Crippen molar-refractivity contribution in [3.8, 4) is 0 Å². The van der Waals surface area contributed by atoms with E-state index in [1.807, 2.05) is 55.5 Å². The maximum Gasteiger partial charge on any atom is 0.307 e. The van der Waals surface area contributed by atoms with Crippen LogP contribution in [0.1, 0.15) is 17.5 Å². The number of amides is 2. The SMILES string of the molecule is Cc1ccccc1CNC(=O)COC(=O)C[C@H]1Sc2ccccc2NC1=O. The third-order valence-corrected chi connectivity index (χ3v) is 5.44. The lowest BCUT2D eigenvalue weighted by molar-refractivity contribution is -0.149. The van der Waals surface area contributed by atoms with Gasteiger partial charge in [0.1, 0.15) is 0 Å². The topological polar surface area (TPSA) is 84.5 Å². The first kappa shape index (κ1) is 19.0. The molecule has 140 valence electrons. The fourth-order valence-electron chi connectivity index (χ4n) is 2.64. The molecule has 2 N–H and O–H groups in total. The summed E-state index contributed by atoms with van der Waals surface area (Å²) in [4.78, 5) is 36.9. The monoisotopic (exact) mass is 384 g/mol. The Balaban J connectivity index is 1.44. The summed E-state index contributed by atoms with van der Waals surface area (Å²) in [6.07, 6.45) is -0.0874. The molecule has 0 aromatic heterocycles. The lowest BCUT2D eigenvalue weighted by atomic mass is 10.1. The van der Waals surface area contributed by atoms with Crippen LogP contribution in [-0.4, -0.2) is 29.6 Å². The van der Waals surface area contributed by atoms with Gasteiger partial charge in [-0.15, -0.1) is 11.8 Å². The molecule has 0 aliphatic carbocycles. The number of nitrogens with one attached hydrogen (secondary N) is 2. The van der Waals surface area contributed by atoms with Crippen LogP contribution in [0.25, 0.3) is 0 Å². The number of thioether (sulfide) groups is 1. The number of ether oxygens (including phenoxy) is 1. The van der Waals surface area contributed by atoms with Gasteiger partial charge in [0.25, 0.3) is 5.91 Å². The van der Waals surface area contributed by atoms with Crippen LogP contribution in [0.2, 0.25) is 0 Å². The number of anilines is 1. The van der Waals surface area contributed by atoms with Crippen molar-refractivity contribution in [1.82, 2.24) is 5.32 Å². The molecule has 0 spiro atoms. The quantitative estimate of drug-likeness (QED) is 0.748. The zero-order valence-corrected chi connectivity index (χ0v) is 15.7. The molecule has 3 rings (SSSR count). The van der Waals surface area contributed by atoms with Gasteiger partial charge >= 0.3 is 5.97 Å². The van der Waals surface area contributed by atoms with E-state index in [0.717, 1.165) is 21.7 Å². The normalized spacial score (nSPS) is 15.4. The number of rotatable bonds is 6. The molecule has 1 aliphatic rings. The van der Waals surface area contributed by atoms with Gasteiger partial charge in [-0.2, -0.15) is 0 Å². The highest BCUT2D eigenvalue weighted by atomic mass is 32.2. The summed E-state index contributed by atoms with van der Waals surface area (Å²) in [6.45, 7) is 1.98. The first-order chi connectivity index (χ1) is 13.0. The summed E-state index contributed by atoms with van der Waals surface area (Å²) >= 11 is 1.32. The number of fused-ring (bicyclic) bond motifs is 1. The van der Waals surface area contributed by atoms with Gasteiger partial charge in [-0.3, -0.25) is 14.4 Å². The molecule has 1 aliphatic heterocycles. The molecule has 1 atom stereocenters. The lowest BCUT2D eigenvalue weighted by Gasteiger charge is -2.23. The Labute approximate surface area is 161 Å². The summed E-state index contributed by atoms with van der Waals surface area (Å²) in [7, 11) is 0. The second-order valence-corrected chi connectivity index (χ2v) is 7.40. The number of aryl methyl sites for hydroxylation is 1. The largest absolute Gasteiger partial charge is 0.456 e. The summed E-state index contributed by atoms with van der Waals surface area (Å²) in [5.41, 5.74) is 2.83. The average molecular weight is 384 g/mol. The van der Waals surface area contributed by atoms with Gasteiger partial charge in [0.2, 0.25) is 5.91 Å². The highest BCUT2D eigenvalue weighted by Crippen LogP contribution is 2.36. The maximum absolute atomic E-state index is 12.1. The minimum Gasteiger partial charge on any atom is -0.456 e. The Morgan fingerprint density at radius 1 is 1.15 bits per heavy atom. The number of benzene rings is 2. The minimum atomic E-state index is -0.576. The number of esters is 1. The minimum absolute atomic E-state index is 0.0874. The first-order valence-corrected chi connectivity index (χ1v) is 9.44. The number of carbonyl (C=O) groups is 3. The Bertz CT molecular complexity index is 869. The number of para-hydroxylation sites is 1. The summed E-state index contributed by atoms with van der Waals surface area (Å²) in [5.74, 6) is -1.19. The average Bonchev–Trinajstić information content (AvgIpc) is 2.66. The molecule has 0 saturated heterocycles. The Kier molecular flexibility index (Phi) is 6.13. The summed E-state index contributed by atoms with van der Waals surface area (Å²) in [5, 5.41) is 4.93. The Morgan fingerprint density at radius 3 is 2.70 bits per heavy atom. The zero-order chi connectivity index (χ0) is 19.2. The molecule has 2 aromatic rings. The van der Waals surface area contributed by atoms with Gasteiger partial charge in [-0.25, -0.2) is 0 Å². The smallest absolute Gasteiger partial charge is 0.307 e. The van der Waals surface area contributed by atoms with Crippen LogP contribution in [0.5, 0.6) is 0 Å². The summed E-state index contributed by atoms with van der Waals surface area (Å²) < 4.78 is 5.02. The van der Waals surface area contributed by atoms with Gasteiger partial charge in [0.15, 0.2) is 6.61 Å². The van der Waals surface area contributed by atoms with E-state index in [4.69, 9.17) is 4.74 Å². The molecule has 0 saturated carbocycles. The molecule has 2 aromatic carbocycles. The van der Waals surface area contributed by atoms with E-state index in [9.17, 15) is 14.4 Å². The van der Waals surface area contributed by atoms with Crippen molar-refractivity contribution < 1.29 is 19.1 Å². The Morgan fingerprint density at radius 2 is 1.89 bits per heavy atom. The molecule has 1 heterocycles. The van der Waals surface area contributed by atoms with Crippen molar-refractivity contribution in [1.29, 1.82) is 0 Å². The second-order valence-electron chi connectivity index (χ2n) is 6.16. The number of carbonyl (C=O) groups excluding carboxylic acids is 3. The van der Waals surface area contributed by atoms with E-state index >= 15 is 0 Å². The fraction of sp³-hybridized carbons (Fsp3) is 0.250. The van der Waals surface area contributed by atoms with Crippen LogP contribution in [0.4, 0.5) is 5.69 Å². The molecular formula is C20H20N2O4S. The third kappa shape index (κ3) is 5.10. The maximum atomic E-state index is 12.1. The predicted octanol–water partition coefficient (Wildman–Crippen LogP) is 2.66. The molecule has 27 heavy (non-hydrogen) atoms. The van der Waals surface area contributed by atoms with Crippen molar-refractivity contribution in [2.75, 3.05) is 11.9 Å². The van der Waals surface area contributed by atoms with Gasteiger partial charge in [0.05, 0.1) is 17.4 Å². The Hall–Kier alpha value is -2.80. The standard InChI is InChI=1S/C20H20N2O4S/c1-13-6-2-3-7-14(13)11-21-18(23)12-26-19(24)10-17-20(25)22-15-8-4-5-9-16(15)27-17/h2-9,17H,10-12H2,1H3,(H,21,23)(H,22,25)/t17-/m1/s1. The van der Waals surface area contributed by atoms with E-state index in [2.05, 4.69) is 10.6 Å². The van der Waals surface area contributed by atoms with Crippen molar-refractivity contribution in [2.45, 2.75) is 30.0 Å². The summed E-state index contributed by atoms with van der Waals surface area (Å²) in [6, 6.07) is 15.1. The van der Waals surface area contributed by atoms with Crippen molar-refractivity contribution >= 4 is 35.2 Å². The molecule has 0 fully saturated rings. The van der Waals surface area contributed by atoms with Crippen molar-refractivity contribution in [3.63, 3.8) is 0 Å². The fourth-order valence-corrected chi connectivity index (χ4v) is 3.73. The van der Waals surface area contributed by atoms with Gasteiger partial charge in [-0.1, -0.05) is 36.4 Å². The van der Waals surface area contributed by atoms with Crippen LogP contribution in [-0.2, 0) is 25.7 Å². The highest BCUT2D eigenvalue weighted by molar-refractivity contribution is 8.01. The molecule has 0 bridgehead atoms. The third-order valence-electron chi connectivity index (χ3n) is 4.16. The molecular weight excluding hydrogens is 364 g/mol. The van der Waals surface area contributed by atoms with Gasteiger partial charge in [-0.05, 0) is 30.2 Å². The molecule has 6 nitrogen and oxygen atoms in total. The van der Waals surface area contributed by atoms with Crippen LogP contribution < -0.4 is 10.6 Å². The number of hydrogen-bond donors (Lipinski definition) is 2. The van der Waals surface area contributed by atoms with Crippen molar-refractivity contribution in [2.24, 2.45) is 0 Å². The van der Waals surface area contributed by atoms with E-state index in [0.29, 0.717) is 6.54 Å².